The van der Waals surface area contributed by atoms with Gasteiger partial charge in [-0.15, -0.1) is 0 Å². The molecule has 0 radical (unpaired) electrons. The molecule has 1 fully saturated rings. The summed E-state index contributed by atoms with van der Waals surface area (Å²) in [6.07, 6.45) is 3.60. The van der Waals surface area contributed by atoms with Crippen molar-refractivity contribution in [3.63, 3.8) is 0 Å². The first-order valence-corrected chi connectivity index (χ1v) is 5.53. The summed E-state index contributed by atoms with van der Waals surface area (Å²) in [5.41, 5.74) is 0. The first-order chi connectivity index (χ1) is 5.08. The van der Waals surface area contributed by atoms with E-state index in [0.29, 0.717) is 12.6 Å². The zero-order valence-corrected chi connectivity index (χ0v) is 7.23. The van der Waals surface area contributed by atoms with Gasteiger partial charge in [0.05, 0.1) is 5.75 Å². The summed E-state index contributed by atoms with van der Waals surface area (Å²) in [6.45, 7) is 0.490. The van der Waals surface area contributed by atoms with E-state index in [9.17, 15) is 8.42 Å². The molecule has 66 valence electrons. The second-order valence-electron chi connectivity index (χ2n) is 2.95. The van der Waals surface area contributed by atoms with E-state index in [1.165, 1.54) is 19.3 Å². The average Bonchev–Trinajstić information content (AvgIpc) is 1.73. The Labute approximate surface area is 67.2 Å². The lowest BCUT2D eigenvalue weighted by Gasteiger charge is -2.26. The standard InChI is InChI=1S/C6H14N2O2S/c7-11(9,10)5-4-8-6-2-1-3-6/h6,8H,1-5H2,(H2,7,9,10). The summed E-state index contributed by atoms with van der Waals surface area (Å²) in [6, 6.07) is 0.539. The third kappa shape index (κ3) is 3.69. The van der Waals surface area contributed by atoms with Gasteiger partial charge in [0.2, 0.25) is 10.0 Å². The SMILES string of the molecule is NS(=O)(=O)CCNC1CCC1. The number of nitrogens with one attached hydrogen (secondary N) is 1. The lowest BCUT2D eigenvalue weighted by molar-refractivity contribution is 0.346. The van der Waals surface area contributed by atoms with Crippen molar-refractivity contribution >= 4 is 10.0 Å². The summed E-state index contributed by atoms with van der Waals surface area (Å²) in [7, 11) is -3.27. The Hall–Kier alpha value is -0.130. The smallest absolute Gasteiger partial charge is 0.210 e. The predicted octanol–water partition coefficient (Wildman–Crippen LogP) is -0.583. The highest BCUT2D eigenvalue weighted by molar-refractivity contribution is 7.89. The van der Waals surface area contributed by atoms with Gasteiger partial charge in [0.1, 0.15) is 0 Å². The van der Waals surface area contributed by atoms with Crippen LogP contribution in [0.15, 0.2) is 0 Å². The van der Waals surface area contributed by atoms with Crippen molar-refractivity contribution in [1.82, 2.24) is 5.32 Å². The van der Waals surface area contributed by atoms with Crippen LogP contribution in [0, 0.1) is 0 Å². The molecule has 1 rings (SSSR count). The molecule has 1 aliphatic rings. The molecular weight excluding hydrogens is 164 g/mol. The summed E-state index contributed by atoms with van der Waals surface area (Å²) >= 11 is 0. The number of nitrogens with two attached hydrogens (primary N) is 1. The summed E-state index contributed by atoms with van der Waals surface area (Å²) in [5, 5.41) is 7.93. The fraction of sp³-hybridized carbons (Fsp3) is 1.00. The van der Waals surface area contributed by atoms with Crippen LogP contribution in [0.3, 0.4) is 0 Å². The van der Waals surface area contributed by atoms with Crippen LogP contribution >= 0.6 is 0 Å². The minimum absolute atomic E-state index is 0.0451. The van der Waals surface area contributed by atoms with Gasteiger partial charge >= 0.3 is 0 Å². The van der Waals surface area contributed by atoms with Crippen molar-refractivity contribution in [1.29, 1.82) is 0 Å². The highest BCUT2D eigenvalue weighted by Gasteiger charge is 2.16. The Balaban J connectivity index is 2.04. The molecule has 0 atom stereocenters. The van der Waals surface area contributed by atoms with Crippen LogP contribution in [-0.2, 0) is 10.0 Å². The van der Waals surface area contributed by atoms with Gasteiger partial charge in [0, 0.05) is 12.6 Å². The quantitative estimate of drug-likeness (QED) is 0.605. The number of rotatable bonds is 4. The summed E-state index contributed by atoms with van der Waals surface area (Å²) in [4.78, 5) is 0. The van der Waals surface area contributed by atoms with Crippen molar-refractivity contribution in [3.8, 4) is 0 Å². The molecular formula is C6H14N2O2S. The lowest BCUT2D eigenvalue weighted by Crippen LogP contribution is -2.38. The monoisotopic (exact) mass is 178 g/mol. The maximum Gasteiger partial charge on any atom is 0.210 e. The molecule has 1 aliphatic carbocycles. The second kappa shape index (κ2) is 3.51. The van der Waals surface area contributed by atoms with Crippen LogP contribution in [0.5, 0.6) is 0 Å². The van der Waals surface area contributed by atoms with Crippen LogP contribution in [0.2, 0.25) is 0 Å². The molecule has 0 unspecified atom stereocenters. The first kappa shape index (κ1) is 8.96. The Morgan fingerprint density at radius 3 is 2.45 bits per heavy atom. The zero-order chi connectivity index (χ0) is 8.32. The Morgan fingerprint density at radius 2 is 2.09 bits per heavy atom. The van der Waals surface area contributed by atoms with Crippen LogP contribution < -0.4 is 10.5 Å². The maximum atomic E-state index is 10.5. The molecule has 3 N–H and O–H groups in total. The molecule has 0 aromatic rings. The van der Waals surface area contributed by atoms with Crippen LogP contribution in [0.4, 0.5) is 0 Å². The topological polar surface area (TPSA) is 72.2 Å². The molecule has 0 amide bonds. The summed E-state index contributed by atoms with van der Waals surface area (Å²) < 4.78 is 20.9. The van der Waals surface area contributed by atoms with Gasteiger partial charge in [0.25, 0.3) is 0 Å². The molecule has 0 spiro atoms. The second-order valence-corrected chi connectivity index (χ2v) is 4.68. The van der Waals surface area contributed by atoms with Crippen LogP contribution in [0.25, 0.3) is 0 Å². The number of primary sulfonamides is 1. The van der Waals surface area contributed by atoms with Crippen molar-refractivity contribution < 1.29 is 8.42 Å². The van der Waals surface area contributed by atoms with Crippen molar-refractivity contribution in [2.45, 2.75) is 25.3 Å². The Morgan fingerprint density at radius 1 is 1.45 bits per heavy atom. The number of sulfonamides is 1. The van der Waals surface area contributed by atoms with Gasteiger partial charge < -0.3 is 5.32 Å². The molecule has 0 aromatic heterocycles. The highest BCUT2D eigenvalue weighted by Crippen LogP contribution is 2.17. The first-order valence-electron chi connectivity index (χ1n) is 3.82. The molecule has 5 heteroatoms. The lowest BCUT2D eigenvalue weighted by atomic mass is 9.93. The zero-order valence-electron chi connectivity index (χ0n) is 6.41. The van der Waals surface area contributed by atoms with E-state index in [1.54, 1.807) is 0 Å². The van der Waals surface area contributed by atoms with E-state index < -0.39 is 10.0 Å². The van der Waals surface area contributed by atoms with Gasteiger partial charge in [0.15, 0.2) is 0 Å². The highest BCUT2D eigenvalue weighted by atomic mass is 32.2. The van der Waals surface area contributed by atoms with Gasteiger partial charge in [-0.05, 0) is 12.8 Å². The van der Waals surface area contributed by atoms with E-state index in [4.69, 9.17) is 5.14 Å². The fourth-order valence-electron chi connectivity index (χ4n) is 1.02. The average molecular weight is 178 g/mol. The number of hydrogen-bond donors (Lipinski definition) is 2. The van der Waals surface area contributed by atoms with E-state index in [-0.39, 0.29) is 5.75 Å². The van der Waals surface area contributed by atoms with Crippen LogP contribution in [-0.4, -0.2) is 26.8 Å². The largest absolute Gasteiger partial charge is 0.313 e. The van der Waals surface area contributed by atoms with Crippen molar-refractivity contribution in [3.05, 3.63) is 0 Å². The third-order valence-electron chi connectivity index (χ3n) is 1.92. The Kier molecular flexibility index (Phi) is 2.86. The molecule has 1 saturated carbocycles. The van der Waals surface area contributed by atoms with Gasteiger partial charge in [-0.2, -0.15) is 0 Å². The molecule has 11 heavy (non-hydrogen) atoms. The Bertz CT molecular complexity index is 209. The predicted molar refractivity (Wildman–Crippen MR) is 43.6 cm³/mol. The van der Waals surface area contributed by atoms with Crippen molar-refractivity contribution in [2.75, 3.05) is 12.3 Å². The molecule has 0 saturated heterocycles. The molecule has 4 nitrogen and oxygen atoms in total. The molecule has 0 aromatic carbocycles. The van der Waals surface area contributed by atoms with Gasteiger partial charge in [-0.1, -0.05) is 6.42 Å². The number of hydrogen-bond acceptors (Lipinski definition) is 3. The van der Waals surface area contributed by atoms with Gasteiger partial charge in [-0.25, -0.2) is 13.6 Å². The van der Waals surface area contributed by atoms with Gasteiger partial charge in [-0.3, -0.25) is 0 Å². The van der Waals surface area contributed by atoms with Crippen LogP contribution in [0.1, 0.15) is 19.3 Å². The molecule has 0 bridgehead atoms. The third-order valence-corrected chi connectivity index (χ3v) is 2.70. The normalized spacial score (nSPS) is 19.7. The fourth-order valence-corrected chi connectivity index (χ4v) is 1.42. The molecule has 0 aliphatic heterocycles. The minimum Gasteiger partial charge on any atom is -0.313 e. The summed E-state index contributed by atoms with van der Waals surface area (Å²) in [5.74, 6) is 0.0451. The van der Waals surface area contributed by atoms with E-state index in [0.717, 1.165) is 0 Å². The van der Waals surface area contributed by atoms with E-state index in [1.807, 2.05) is 0 Å². The minimum atomic E-state index is -3.27. The van der Waals surface area contributed by atoms with E-state index >= 15 is 0 Å². The maximum absolute atomic E-state index is 10.5. The van der Waals surface area contributed by atoms with E-state index in [2.05, 4.69) is 5.32 Å². The van der Waals surface area contributed by atoms with Crippen molar-refractivity contribution in [2.24, 2.45) is 5.14 Å². The molecule has 0 heterocycles.